The first-order valence-corrected chi connectivity index (χ1v) is 8.28. The molecule has 2 aromatic carbocycles. The Labute approximate surface area is 138 Å². The van der Waals surface area contributed by atoms with E-state index in [1.807, 2.05) is 32.2 Å². The summed E-state index contributed by atoms with van der Waals surface area (Å²) in [6.07, 6.45) is 2.45. The van der Waals surface area contributed by atoms with Crippen LogP contribution in [0.25, 0.3) is 11.1 Å². The molecule has 0 radical (unpaired) electrons. The second kappa shape index (κ2) is 6.97. The topological polar surface area (TPSA) is 32.3 Å². The number of hydrogen-bond acceptors (Lipinski definition) is 2. The van der Waals surface area contributed by atoms with E-state index < -0.39 is 0 Å². The highest BCUT2D eigenvalue weighted by molar-refractivity contribution is 5.78. The van der Waals surface area contributed by atoms with E-state index in [4.69, 9.17) is 0 Å². The van der Waals surface area contributed by atoms with E-state index in [1.54, 1.807) is 0 Å². The molecule has 1 aliphatic rings. The Kier molecular flexibility index (Phi) is 4.77. The zero-order valence-corrected chi connectivity index (χ0v) is 13.8. The highest BCUT2D eigenvalue weighted by Crippen LogP contribution is 2.25. The van der Waals surface area contributed by atoms with Crippen LogP contribution in [-0.2, 0) is 4.79 Å². The molecule has 3 heteroatoms. The number of likely N-dealkylation sites (N-methyl/N-ethyl adjacent to an activating group) is 1. The van der Waals surface area contributed by atoms with E-state index in [2.05, 4.69) is 46.6 Å². The van der Waals surface area contributed by atoms with Crippen LogP contribution >= 0.6 is 0 Å². The normalized spacial score (nSPS) is 15.4. The van der Waals surface area contributed by atoms with Crippen LogP contribution in [0.1, 0.15) is 31.4 Å². The lowest BCUT2D eigenvalue weighted by molar-refractivity contribution is -0.122. The Hall–Kier alpha value is -2.13. The highest BCUT2D eigenvalue weighted by Gasteiger charge is 2.27. The van der Waals surface area contributed by atoms with Crippen molar-refractivity contribution in [1.82, 2.24) is 10.2 Å². The summed E-state index contributed by atoms with van der Waals surface area (Å²) in [7, 11) is 2.02. The van der Waals surface area contributed by atoms with Crippen LogP contribution < -0.4 is 5.32 Å². The first kappa shape index (κ1) is 15.8. The summed E-state index contributed by atoms with van der Waals surface area (Å²) < 4.78 is 0. The van der Waals surface area contributed by atoms with E-state index in [0.717, 1.165) is 5.56 Å². The summed E-state index contributed by atoms with van der Waals surface area (Å²) in [5, 5.41) is 3.09. The fraction of sp³-hybridized carbons (Fsp3) is 0.350. The Balaban J connectivity index is 1.59. The van der Waals surface area contributed by atoms with E-state index in [1.165, 1.54) is 24.0 Å². The van der Waals surface area contributed by atoms with E-state index in [9.17, 15) is 4.79 Å². The predicted octanol–water partition coefficient (Wildman–Crippen LogP) is 3.63. The van der Waals surface area contributed by atoms with Crippen LogP contribution in [-0.4, -0.2) is 30.4 Å². The minimum absolute atomic E-state index is 0.0277. The van der Waals surface area contributed by atoms with Crippen LogP contribution in [0.2, 0.25) is 0 Å². The third-order valence-electron chi connectivity index (χ3n) is 4.46. The second-order valence-electron chi connectivity index (χ2n) is 6.42. The van der Waals surface area contributed by atoms with Gasteiger partial charge in [-0.25, -0.2) is 0 Å². The minimum Gasteiger partial charge on any atom is -0.348 e. The maximum Gasteiger partial charge on any atom is 0.234 e. The first-order chi connectivity index (χ1) is 11.1. The molecule has 0 saturated heterocycles. The summed E-state index contributed by atoms with van der Waals surface area (Å²) in [6.45, 7) is 2.52. The summed E-state index contributed by atoms with van der Waals surface area (Å²) in [5.74, 6) is 0.0963. The molecule has 2 aromatic rings. The molecule has 0 bridgehead atoms. The third kappa shape index (κ3) is 4.20. The third-order valence-corrected chi connectivity index (χ3v) is 4.46. The maximum atomic E-state index is 12.1. The molecular weight excluding hydrogens is 284 g/mol. The number of benzene rings is 2. The van der Waals surface area contributed by atoms with Gasteiger partial charge in [0.15, 0.2) is 0 Å². The molecule has 1 amide bonds. The van der Waals surface area contributed by atoms with Crippen LogP contribution in [0.3, 0.4) is 0 Å². The molecule has 3 nitrogen and oxygen atoms in total. The van der Waals surface area contributed by atoms with Crippen LogP contribution in [0, 0.1) is 0 Å². The SMILES string of the molecule is CC(NC(=O)CN(C)C1CC1)c1ccc(-c2ccccc2)cc1. The van der Waals surface area contributed by atoms with Crippen molar-refractivity contribution in [3.05, 3.63) is 60.2 Å². The average molecular weight is 308 g/mol. The molecular formula is C20H24N2O. The fourth-order valence-electron chi connectivity index (χ4n) is 2.84. The lowest BCUT2D eigenvalue weighted by atomic mass is 10.0. The van der Waals surface area contributed by atoms with Gasteiger partial charge in [0.2, 0.25) is 5.91 Å². The molecule has 0 aliphatic heterocycles. The number of amides is 1. The van der Waals surface area contributed by atoms with Gasteiger partial charge in [-0.05, 0) is 43.5 Å². The number of nitrogens with zero attached hydrogens (tertiary/aromatic N) is 1. The zero-order valence-electron chi connectivity index (χ0n) is 13.8. The van der Waals surface area contributed by atoms with E-state index in [0.29, 0.717) is 12.6 Å². The number of carbonyl (C=O) groups excluding carboxylic acids is 1. The first-order valence-electron chi connectivity index (χ1n) is 8.28. The van der Waals surface area contributed by atoms with Gasteiger partial charge in [0.1, 0.15) is 0 Å². The van der Waals surface area contributed by atoms with Crippen molar-refractivity contribution >= 4 is 5.91 Å². The van der Waals surface area contributed by atoms with Crippen molar-refractivity contribution in [2.24, 2.45) is 0 Å². The monoisotopic (exact) mass is 308 g/mol. The molecule has 0 heterocycles. The molecule has 1 N–H and O–H groups in total. The van der Waals surface area contributed by atoms with Gasteiger partial charge in [0.05, 0.1) is 12.6 Å². The lowest BCUT2D eigenvalue weighted by Crippen LogP contribution is -2.37. The molecule has 0 spiro atoms. The quantitative estimate of drug-likeness (QED) is 0.884. The Morgan fingerprint density at radius 1 is 1.09 bits per heavy atom. The van der Waals surface area contributed by atoms with Crippen molar-refractivity contribution in [1.29, 1.82) is 0 Å². The minimum atomic E-state index is 0.0277. The molecule has 1 atom stereocenters. The molecule has 120 valence electrons. The standard InChI is InChI=1S/C20H24N2O/c1-15(21-20(23)14-22(2)19-12-13-19)16-8-10-18(11-9-16)17-6-4-3-5-7-17/h3-11,15,19H,12-14H2,1-2H3,(H,21,23). The van der Waals surface area contributed by atoms with Crippen molar-refractivity contribution in [3.63, 3.8) is 0 Å². The van der Waals surface area contributed by atoms with E-state index >= 15 is 0 Å². The van der Waals surface area contributed by atoms with Gasteiger partial charge >= 0.3 is 0 Å². The number of carbonyl (C=O) groups is 1. The van der Waals surface area contributed by atoms with Crippen LogP contribution in [0.4, 0.5) is 0 Å². The molecule has 23 heavy (non-hydrogen) atoms. The van der Waals surface area contributed by atoms with Gasteiger partial charge in [0.25, 0.3) is 0 Å². The largest absolute Gasteiger partial charge is 0.348 e. The molecule has 1 saturated carbocycles. The molecule has 1 aliphatic carbocycles. The molecule has 1 unspecified atom stereocenters. The average Bonchev–Trinajstić information content (AvgIpc) is 3.40. The maximum absolute atomic E-state index is 12.1. The van der Waals surface area contributed by atoms with E-state index in [-0.39, 0.29) is 11.9 Å². The Bertz CT molecular complexity index is 647. The number of hydrogen-bond donors (Lipinski definition) is 1. The lowest BCUT2D eigenvalue weighted by Gasteiger charge is -2.19. The predicted molar refractivity (Wildman–Crippen MR) is 94.1 cm³/mol. The van der Waals surface area contributed by atoms with Gasteiger partial charge in [-0.15, -0.1) is 0 Å². The molecule has 0 aromatic heterocycles. The number of rotatable bonds is 6. The smallest absolute Gasteiger partial charge is 0.234 e. The Morgan fingerprint density at radius 3 is 2.30 bits per heavy atom. The van der Waals surface area contributed by atoms with Crippen LogP contribution in [0.5, 0.6) is 0 Å². The van der Waals surface area contributed by atoms with Gasteiger partial charge < -0.3 is 5.32 Å². The summed E-state index contributed by atoms with van der Waals surface area (Å²) >= 11 is 0. The van der Waals surface area contributed by atoms with Gasteiger partial charge in [0, 0.05) is 6.04 Å². The summed E-state index contributed by atoms with van der Waals surface area (Å²) in [6, 6.07) is 19.4. The zero-order chi connectivity index (χ0) is 16.2. The fourth-order valence-corrected chi connectivity index (χ4v) is 2.84. The number of nitrogens with one attached hydrogen (secondary N) is 1. The molecule has 3 rings (SSSR count). The summed E-state index contributed by atoms with van der Waals surface area (Å²) in [5.41, 5.74) is 3.54. The Morgan fingerprint density at radius 2 is 1.70 bits per heavy atom. The van der Waals surface area contributed by atoms with Gasteiger partial charge in [-0.2, -0.15) is 0 Å². The second-order valence-corrected chi connectivity index (χ2v) is 6.42. The van der Waals surface area contributed by atoms with Crippen molar-refractivity contribution in [2.45, 2.75) is 31.8 Å². The van der Waals surface area contributed by atoms with Crippen molar-refractivity contribution < 1.29 is 4.79 Å². The van der Waals surface area contributed by atoms with Gasteiger partial charge in [-0.1, -0.05) is 54.6 Å². The van der Waals surface area contributed by atoms with Crippen LogP contribution in [0.15, 0.2) is 54.6 Å². The molecule has 1 fully saturated rings. The summed E-state index contributed by atoms with van der Waals surface area (Å²) in [4.78, 5) is 14.2. The highest BCUT2D eigenvalue weighted by atomic mass is 16.2. The van der Waals surface area contributed by atoms with Crippen molar-refractivity contribution in [2.75, 3.05) is 13.6 Å². The van der Waals surface area contributed by atoms with Crippen molar-refractivity contribution in [3.8, 4) is 11.1 Å². The van der Waals surface area contributed by atoms with Gasteiger partial charge in [-0.3, -0.25) is 9.69 Å².